The zero-order valence-electron chi connectivity index (χ0n) is 10.3. The van der Waals surface area contributed by atoms with Gasteiger partial charge in [-0.2, -0.15) is 13.2 Å². The number of halogens is 4. The number of rotatable bonds is 4. The summed E-state index contributed by atoms with van der Waals surface area (Å²) < 4.78 is 35.7. The highest BCUT2D eigenvalue weighted by molar-refractivity contribution is 8.00. The van der Waals surface area contributed by atoms with Gasteiger partial charge in [-0.3, -0.25) is 4.79 Å². The maximum Gasteiger partial charge on any atom is 0.441 e. The largest absolute Gasteiger partial charge is 0.441 e. The van der Waals surface area contributed by atoms with Crippen LogP contribution in [0, 0.1) is 17.8 Å². The molecule has 19 heavy (non-hydrogen) atoms. The predicted octanol–water partition coefficient (Wildman–Crippen LogP) is 2.15. The van der Waals surface area contributed by atoms with E-state index in [2.05, 4.69) is 5.32 Å². The second kappa shape index (κ2) is 6.54. The van der Waals surface area contributed by atoms with E-state index in [0.717, 1.165) is 19.3 Å². The Morgan fingerprint density at radius 2 is 1.95 bits per heavy atom. The zero-order chi connectivity index (χ0) is 13.3. The van der Waals surface area contributed by atoms with Gasteiger partial charge in [-0.1, -0.05) is 0 Å². The van der Waals surface area contributed by atoms with E-state index in [0.29, 0.717) is 11.8 Å². The van der Waals surface area contributed by atoms with Gasteiger partial charge >= 0.3 is 5.51 Å². The lowest BCUT2D eigenvalue weighted by molar-refractivity contribution is -0.126. The maximum atomic E-state index is 11.9. The molecule has 0 saturated heterocycles. The summed E-state index contributed by atoms with van der Waals surface area (Å²) in [6, 6.07) is -0.112. The van der Waals surface area contributed by atoms with Crippen LogP contribution in [-0.4, -0.2) is 29.8 Å². The van der Waals surface area contributed by atoms with Crippen LogP contribution < -0.4 is 11.1 Å². The van der Waals surface area contributed by atoms with Crippen molar-refractivity contribution >= 4 is 30.1 Å². The van der Waals surface area contributed by atoms with Crippen molar-refractivity contribution in [3.8, 4) is 0 Å². The SMILES string of the molecule is Cl.NC1C2CCC(C2)C1C(=O)NCCSC(F)(F)F. The molecule has 8 heteroatoms. The molecule has 2 aliphatic carbocycles. The van der Waals surface area contributed by atoms with E-state index in [9.17, 15) is 18.0 Å². The summed E-state index contributed by atoms with van der Waals surface area (Å²) in [7, 11) is 0. The monoisotopic (exact) mass is 318 g/mol. The lowest BCUT2D eigenvalue weighted by atomic mass is 9.84. The molecule has 2 bridgehead atoms. The van der Waals surface area contributed by atoms with Gasteiger partial charge < -0.3 is 11.1 Å². The Labute approximate surface area is 120 Å². The van der Waals surface area contributed by atoms with Crippen LogP contribution >= 0.6 is 24.2 Å². The minimum Gasteiger partial charge on any atom is -0.355 e. The molecular formula is C11H18ClF3N2OS. The molecule has 1 amide bonds. The van der Waals surface area contributed by atoms with Gasteiger partial charge in [0.2, 0.25) is 5.91 Å². The van der Waals surface area contributed by atoms with Gasteiger partial charge in [0.15, 0.2) is 0 Å². The van der Waals surface area contributed by atoms with Crippen LogP contribution in [0.4, 0.5) is 13.2 Å². The molecule has 112 valence electrons. The summed E-state index contributed by atoms with van der Waals surface area (Å²) >= 11 is -0.112. The summed E-state index contributed by atoms with van der Waals surface area (Å²) in [5, 5.41) is 2.57. The number of amides is 1. The molecule has 4 unspecified atom stereocenters. The molecule has 2 fully saturated rings. The summed E-state index contributed by atoms with van der Waals surface area (Å²) in [4.78, 5) is 11.9. The predicted molar refractivity (Wildman–Crippen MR) is 71.1 cm³/mol. The maximum absolute atomic E-state index is 11.9. The van der Waals surface area contributed by atoms with Crippen molar-refractivity contribution in [2.45, 2.75) is 30.8 Å². The fourth-order valence-corrected chi connectivity index (χ4v) is 3.62. The van der Waals surface area contributed by atoms with E-state index < -0.39 is 5.51 Å². The van der Waals surface area contributed by atoms with E-state index in [1.807, 2.05) is 0 Å². The molecule has 0 aliphatic heterocycles. The van der Waals surface area contributed by atoms with Gasteiger partial charge in [0.25, 0.3) is 0 Å². The Balaban J connectivity index is 0.00000180. The highest BCUT2D eigenvalue weighted by atomic mass is 35.5. The number of hydrogen-bond acceptors (Lipinski definition) is 3. The summed E-state index contributed by atoms with van der Waals surface area (Å²) in [5.41, 5.74) is 1.76. The number of nitrogens with one attached hydrogen (secondary N) is 1. The molecule has 0 heterocycles. The van der Waals surface area contributed by atoms with Crippen molar-refractivity contribution in [3.05, 3.63) is 0 Å². The zero-order valence-corrected chi connectivity index (χ0v) is 11.9. The molecule has 0 spiro atoms. The second-order valence-corrected chi connectivity index (χ2v) is 6.18. The normalized spacial score (nSPS) is 33.1. The third kappa shape index (κ3) is 4.16. The Morgan fingerprint density at radius 3 is 2.47 bits per heavy atom. The van der Waals surface area contributed by atoms with Crippen molar-refractivity contribution in [3.63, 3.8) is 0 Å². The first-order valence-electron chi connectivity index (χ1n) is 6.12. The number of thioether (sulfide) groups is 1. The standard InChI is InChI=1S/C11H17F3N2OS.ClH/c12-11(13,14)18-4-3-16-10(17)8-6-1-2-7(5-6)9(8)15;/h6-9H,1-5,15H2,(H,16,17);1H. The lowest BCUT2D eigenvalue weighted by Gasteiger charge is -2.27. The Hall–Kier alpha value is -0.140. The minimum atomic E-state index is -4.23. The van der Waals surface area contributed by atoms with Crippen molar-refractivity contribution < 1.29 is 18.0 Å². The minimum absolute atomic E-state index is 0. The van der Waals surface area contributed by atoms with Crippen molar-refractivity contribution in [2.24, 2.45) is 23.5 Å². The summed E-state index contributed by atoms with van der Waals surface area (Å²) in [6.45, 7) is 0.0453. The van der Waals surface area contributed by atoms with Crippen LogP contribution in [0.15, 0.2) is 0 Å². The van der Waals surface area contributed by atoms with E-state index >= 15 is 0 Å². The highest BCUT2D eigenvalue weighted by Gasteiger charge is 2.48. The number of fused-ring (bicyclic) bond motifs is 2. The topological polar surface area (TPSA) is 55.1 Å². The first-order valence-corrected chi connectivity index (χ1v) is 7.11. The molecule has 2 aliphatic rings. The molecule has 4 atom stereocenters. The Morgan fingerprint density at radius 1 is 1.32 bits per heavy atom. The highest BCUT2D eigenvalue weighted by Crippen LogP contribution is 2.47. The Kier molecular flexibility index (Phi) is 5.82. The van der Waals surface area contributed by atoms with Crippen LogP contribution in [0.5, 0.6) is 0 Å². The molecule has 3 nitrogen and oxygen atoms in total. The van der Waals surface area contributed by atoms with Gasteiger partial charge in [0, 0.05) is 18.3 Å². The molecule has 3 N–H and O–H groups in total. The van der Waals surface area contributed by atoms with Crippen LogP contribution in [0.25, 0.3) is 0 Å². The van der Waals surface area contributed by atoms with Crippen molar-refractivity contribution in [1.29, 1.82) is 0 Å². The van der Waals surface area contributed by atoms with Gasteiger partial charge in [-0.25, -0.2) is 0 Å². The molecule has 0 radical (unpaired) electrons. The third-order valence-electron chi connectivity index (χ3n) is 3.95. The van der Waals surface area contributed by atoms with Crippen LogP contribution in [0.1, 0.15) is 19.3 Å². The van der Waals surface area contributed by atoms with E-state index in [4.69, 9.17) is 5.73 Å². The van der Waals surface area contributed by atoms with Gasteiger partial charge in [-0.05, 0) is 42.9 Å². The number of alkyl halides is 3. The fourth-order valence-electron chi connectivity index (χ4n) is 3.18. The first kappa shape index (κ1) is 16.9. The smallest absolute Gasteiger partial charge is 0.355 e. The van der Waals surface area contributed by atoms with Crippen LogP contribution in [0.2, 0.25) is 0 Å². The van der Waals surface area contributed by atoms with E-state index in [1.165, 1.54) is 0 Å². The molecule has 2 rings (SSSR count). The third-order valence-corrected chi connectivity index (χ3v) is 4.69. The molecule has 0 aromatic rings. The van der Waals surface area contributed by atoms with Gasteiger partial charge in [0.1, 0.15) is 0 Å². The average Bonchev–Trinajstić information content (AvgIpc) is 2.83. The fraction of sp³-hybridized carbons (Fsp3) is 0.909. The summed E-state index contributed by atoms with van der Waals surface area (Å²) in [5.74, 6) is 0.248. The molecular weight excluding hydrogens is 301 g/mol. The number of nitrogens with two attached hydrogens (primary N) is 1. The van der Waals surface area contributed by atoms with Crippen LogP contribution in [-0.2, 0) is 4.79 Å². The lowest BCUT2D eigenvalue weighted by Crippen LogP contribution is -2.45. The Bertz CT molecular complexity index is 328. The number of carbonyl (C=O) groups excluding carboxylic acids is 1. The number of hydrogen-bond donors (Lipinski definition) is 2. The second-order valence-electron chi connectivity index (χ2n) is 5.02. The number of carbonyl (C=O) groups is 1. The van der Waals surface area contributed by atoms with E-state index in [-0.39, 0.29) is 54.3 Å². The summed E-state index contributed by atoms with van der Waals surface area (Å²) in [6.07, 6.45) is 3.10. The van der Waals surface area contributed by atoms with Crippen LogP contribution in [0.3, 0.4) is 0 Å². The van der Waals surface area contributed by atoms with Gasteiger partial charge in [0.05, 0.1) is 5.92 Å². The average molecular weight is 319 g/mol. The van der Waals surface area contributed by atoms with Gasteiger partial charge in [-0.15, -0.1) is 12.4 Å². The van der Waals surface area contributed by atoms with E-state index in [1.54, 1.807) is 0 Å². The molecule has 0 aromatic heterocycles. The molecule has 2 saturated carbocycles. The van der Waals surface area contributed by atoms with Crippen molar-refractivity contribution in [2.75, 3.05) is 12.3 Å². The molecule has 0 aromatic carbocycles. The quantitative estimate of drug-likeness (QED) is 0.781. The van der Waals surface area contributed by atoms with Crippen molar-refractivity contribution in [1.82, 2.24) is 5.32 Å². The first-order chi connectivity index (χ1) is 8.38.